The predicted molar refractivity (Wildman–Crippen MR) is 51.3 cm³/mol. The molecule has 0 heterocycles. The summed E-state index contributed by atoms with van der Waals surface area (Å²) in [5, 5.41) is 8.56. The highest BCUT2D eigenvalue weighted by Gasteiger charge is 2.14. The van der Waals surface area contributed by atoms with Crippen LogP contribution in [0.5, 0.6) is 0 Å². The third kappa shape index (κ3) is 3.30. The molecule has 0 aromatic heterocycles. The van der Waals surface area contributed by atoms with E-state index in [1.807, 2.05) is 0 Å². The molecule has 0 aliphatic rings. The molecule has 0 amide bonds. The van der Waals surface area contributed by atoms with Crippen LogP contribution in [0.3, 0.4) is 0 Å². The van der Waals surface area contributed by atoms with Crippen LogP contribution in [-0.2, 0) is 16.1 Å². The number of esters is 1. The number of carbonyl (C=O) groups excluding carboxylic acids is 1. The fourth-order valence-corrected chi connectivity index (χ4v) is 0.946. The molecule has 0 bridgehead atoms. The number of carbonyl (C=O) groups is 1. The van der Waals surface area contributed by atoms with Crippen molar-refractivity contribution in [3.8, 4) is 0 Å². The second-order valence-electron chi connectivity index (χ2n) is 2.99. The number of nitrogens with two attached hydrogens (primary N) is 1. The Kier molecular flexibility index (Phi) is 4.20. The Balaban J connectivity index is 2.51. The smallest absolute Gasteiger partial charge is 0.325 e. The minimum atomic E-state index is -1.07. The number of aliphatic hydroxyl groups is 1. The van der Waals surface area contributed by atoms with Crippen LogP contribution < -0.4 is 5.73 Å². The van der Waals surface area contributed by atoms with E-state index in [1.165, 1.54) is 12.1 Å². The third-order valence-electron chi connectivity index (χ3n) is 1.83. The van der Waals surface area contributed by atoms with Gasteiger partial charge in [-0.3, -0.25) is 4.79 Å². The van der Waals surface area contributed by atoms with Gasteiger partial charge in [-0.1, -0.05) is 18.2 Å². The van der Waals surface area contributed by atoms with Crippen molar-refractivity contribution in [1.29, 1.82) is 0 Å². The van der Waals surface area contributed by atoms with Crippen molar-refractivity contribution in [3.63, 3.8) is 0 Å². The normalized spacial score (nSPS) is 12.2. The van der Waals surface area contributed by atoms with Gasteiger partial charge in [-0.05, 0) is 6.07 Å². The minimum Gasteiger partial charge on any atom is -0.459 e. The van der Waals surface area contributed by atoms with Gasteiger partial charge in [-0.15, -0.1) is 0 Å². The Morgan fingerprint density at radius 2 is 2.20 bits per heavy atom. The van der Waals surface area contributed by atoms with Gasteiger partial charge in [0.1, 0.15) is 18.5 Å². The van der Waals surface area contributed by atoms with E-state index in [-0.39, 0.29) is 12.2 Å². The molecule has 0 spiro atoms. The minimum absolute atomic E-state index is 0.181. The summed E-state index contributed by atoms with van der Waals surface area (Å²) in [4.78, 5) is 11.0. The van der Waals surface area contributed by atoms with Gasteiger partial charge in [0.15, 0.2) is 0 Å². The Labute approximate surface area is 86.5 Å². The first-order chi connectivity index (χ1) is 7.15. The van der Waals surface area contributed by atoms with Gasteiger partial charge in [0.2, 0.25) is 0 Å². The molecule has 1 unspecified atom stereocenters. The fourth-order valence-electron chi connectivity index (χ4n) is 0.946. The number of ether oxygens (including phenoxy) is 1. The van der Waals surface area contributed by atoms with E-state index < -0.39 is 24.4 Å². The van der Waals surface area contributed by atoms with Crippen molar-refractivity contribution in [2.24, 2.45) is 5.73 Å². The summed E-state index contributed by atoms with van der Waals surface area (Å²) in [5.74, 6) is -1.19. The summed E-state index contributed by atoms with van der Waals surface area (Å²) >= 11 is 0. The average molecular weight is 213 g/mol. The summed E-state index contributed by atoms with van der Waals surface area (Å²) in [6.07, 6.45) is 0. The molecule has 1 aromatic carbocycles. The van der Waals surface area contributed by atoms with Gasteiger partial charge in [0.25, 0.3) is 0 Å². The van der Waals surface area contributed by atoms with E-state index in [0.717, 1.165) is 0 Å². The average Bonchev–Trinajstić information content (AvgIpc) is 2.26. The SMILES string of the molecule is NC(CO)C(=O)OCc1ccccc1F. The van der Waals surface area contributed by atoms with Crippen LogP contribution in [0.1, 0.15) is 5.56 Å². The highest BCUT2D eigenvalue weighted by atomic mass is 19.1. The Morgan fingerprint density at radius 1 is 1.53 bits per heavy atom. The molecule has 3 N–H and O–H groups in total. The summed E-state index contributed by atoms with van der Waals surface area (Å²) in [5.41, 5.74) is 5.47. The molecule has 0 saturated heterocycles. The molecular formula is C10H12FNO3. The second-order valence-corrected chi connectivity index (χ2v) is 2.99. The van der Waals surface area contributed by atoms with Gasteiger partial charge in [0, 0.05) is 5.56 Å². The van der Waals surface area contributed by atoms with Crippen molar-refractivity contribution in [1.82, 2.24) is 0 Å². The predicted octanol–water partition coefficient (Wildman–Crippen LogP) is 0.188. The number of rotatable bonds is 4. The first kappa shape index (κ1) is 11.6. The molecule has 0 aliphatic carbocycles. The van der Waals surface area contributed by atoms with Gasteiger partial charge >= 0.3 is 5.97 Å². The molecular weight excluding hydrogens is 201 g/mol. The second kappa shape index (κ2) is 5.43. The Morgan fingerprint density at radius 3 is 2.80 bits per heavy atom. The summed E-state index contributed by atoms with van der Waals surface area (Å²) in [7, 11) is 0. The Hall–Kier alpha value is -1.46. The molecule has 0 fully saturated rings. The summed E-state index contributed by atoms with van der Waals surface area (Å²) in [6, 6.07) is 4.89. The molecule has 5 heteroatoms. The lowest BCUT2D eigenvalue weighted by Gasteiger charge is -2.09. The molecule has 0 radical (unpaired) electrons. The highest BCUT2D eigenvalue weighted by Crippen LogP contribution is 2.07. The van der Waals surface area contributed by atoms with Crippen molar-refractivity contribution in [3.05, 3.63) is 35.6 Å². The Bertz CT molecular complexity index is 343. The van der Waals surface area contributed by atoms with Gasteiger partial charge in [-0.25, -0.2) is 4.39 Å². The summed E-state index contributed by atoms with van der Waals surface area (Å²) in [6.45, 7) is -0.671. The van der Waals surface area contributed by atoms with Gasteiger partial charge < -0.3 is 15.6 Å². The maximum absolute atomic E-state index is 13.1. The molecule has 0 aliphatic heterocycles. The largest absolute Gasteiger partial charge is 0.459 e. The monoisotopic (exact) mass is 213 g/mol. The lowest BCUT2D eigenvalue weighted by atomic mass is 10.2. The zero-order valence-electron chi connectivity index (χ0n) is 8.02. The van der Waals surface area contributed by atoms with Crippen LogP contribution in [0.25, 0.3) is 0 Å². The highest BCUT2D eigenvalue weighted by molar-refractivity contribution is 5.75. The fraction of sp³-hybridized carbons (Fsp3) is 0.300. The van der Waals surface area contributed by atoms with E-state index in [9.17, 15) is 9.18 Å². The number of benzene rings is 1. The van der Waals surface area contributed by atoms with E-state index in [2.05, 4.69) is 0 Å². The quantitative estimate of drug-likeness (QED) is 0.700. The molecule has 15 heavy (non-hydrogen) atoms. The summed E-state index contributed by atoms with van der Waals surface area (Å²) < 4.78 is 17.7. The van der Waals surface area contributed by atoms with Crippen LogP contribution in [-0.4, -0.2) is 23.7 Å². The van der Waals surface area contributed by atoms with E-state index in [1.54, 1.807) is 12.1 Å². The van der Waals surface area contributed by atoms with E-state index >= 15 is 0 Å². The molecule has 1 rings (SSSR count). The van der Waals surface area contributed by atoms with Crippen LogP contribution in [0, 0.1) is 5.82 Å². The van der Waals surface area contributed by atoms with Crippen molar-refractivity contribution >= 4 is 5.97 Å². The van der Waals surface area contributed by atoms with Crippen molar-refractivity contribution in [2.45, 2.75) is 12.6 Å². The standard InChI is InChI=1S/C10H12FNO3/c11-8-4-2-1-3-7(8)6-15-10(14)9(12)5-13/h1-4,9,13H,5-6,12H2. The molecule has 82 valence electrons. The molecule has 1 aromatic rings. The maximum atomic E-state index is 13.1. The molecule has 0 saturated carbocycles. The zero-order valence-corrected chi connectivity index (χ0v) is 8.02. The van der Waals surface area contributed by atoms with Crippen LogP contribution >= 0.6 is 0 Å². The number of aliphatic hydroxyl groups excluding tert-OH is 1. The first-order valence-electron chi connectivity index (χ1n) is 4.41. The van der Waals surface area contributed by atoms with E-state index in [0.29, 0.717) is 0 Å². The lowest BCUT2D eigenvalue weighted by Crippen LogP contribution is -2.35. The maximum Gasteiger partial charge on any atom is 0.325 e. The van der Waals surface area contributed by atoms with Gasteiger partial charge in [0.05, 0.1) is 6.61 Å². The number of halogens is 1. The topological polar surface area (TPSA) is 72.5 Å². The lowest BCUT2D eigenvalue weighted by molar-refractivity contribution is -0.147. The zero-order chi connectivity index (χ0) is 11.3. The number of hydrogen-bond acceptors (Lipinski definition) is 4. The van der Waals surface area contributed by atoms with Crippen LogP contribution in [0.2, 0.25) is 0 Å². The van der Waals surface area contributed by atoms with E-state index in [4.69, 9.17) is 15.6 Å². The van der Waals surface area contributed by atoms with Crippen LogP contribution in [0.4, 0.5) is 4.39 Å². The van der Waals surface area contributed by atoms with Crippen molar-refractivity contribution < 1.29 is 19.0 Å². The number of hydrogen-bond donors (Lipinski definition) is 2. The third-order valence-corrected chi connectivity index (χ3v) is 1.83. The van der Waals surface area contributed by atoms with Crippen LogP contribution in [0.15, 0.2) is 24.3 Å². The molecule has 4 nitrogen and oxygen atoms in total. The van der Waals surface area contributed by atoms with Crippen molar-refractivity contribution in [2.75, 3.05) is 6.61 Å². The molecule has 1 atom stereocenters. The van der Waals surface area contributed by atoms with Gasteiger partial charge in [-0.2, -0.15) is 0 Å². The first-order valence-corrected chi connectivity index (χ1v) is 4.41.